The summed E-state index contributed by atoms with van der Waals surface area (Å²) in [6, 6.07) is 0.0648. The quantitative estimate of drug-likeness (QED) is 0.253. The molecule has 0 aliphatic rings. The Morgan fingerprint density at radius 3 is 0.944 bits per heavy atom. The highest BCUT2D eigenvalue weighted by molar-refractivity contribution is 6.92. The van der Waals surface area contributed by atoms with Crippen LogP contribution < -0.4 is 10.6 Å². The lowest BCUT2D eigenvalue weighted by molar-refractivity contribution is -0.120. The predicted octanol–water partition coefficient (Wildman–Crippen LogP) is 7.18. The van der Waals surface area contributed by atoms with Gasteiger partial charge in [0.1, 0.15) is 17.3 Å². The Hall–Kier alpha value is -0.960. The average molecular weight is 561 g/mol. The van der Waals surface area contributed by atoms with Crippen LogP contribution in [0.25, 0.3) is 0 Å². The van der Waals surface area contributed by atoms with Gasteiger partial charge in [-0.05, 0) is 41.2 Å². The van der Waals surface area contributed by atoms with Gasteiger partial charge in [0, 0.05) is 25.8 Å². The zero-order valence-electron chi connectivity index (χ0n) is 25.6. The Bertz CT molecular complexity index is 472. The molecule has 3 atom stereocenters. The fourth-order valence-corrected chi connectivity index (χ4v) is 1.22. The van der Waals surface area contributed by atoms with Crippen LogP contribution in [0, 0.1) is 11.8 Å². The van der Waals surface area contributed by atoms with Crippen molar-refractivity contribution in [1.82, 2.24) is 10.6 Å². The summed E-state index contributed by atoms with van der Waals surface area (Å²) < 4.78 is 0. The van der Waals surface area contributed by atoms with Gasteiger partial charge in [0.05, 0.1) is 11.7 Å². The van der Waals surface area contributed by atoms with Crippen LogP contribution in [0.15, 0.2) is 11.8 Å². The molecule has 0 saturated carbocycles. The van der Waals surface area contributed by atoms with Gasteiger partial charge in [-0.2, -0.15) is 19.8 Å². The Kier molecular flexibility index (Phi) is 91.4. The van der Waals surface area contributed by atoms with Crippen LogP contribution in [-0.2, 0) is 19.2 Å². The van der Waals surface area contributed by atoms with Gasteiger partial charge in [0.15, 0.2) is 5.78 Å². The molecule has 0 fully saturated rings. The number of likely N-dealkylation sites (N-methyl/N-ethyl adjacent to an activating group) is 2. The second-order valence-electron chi connectivity index (χ2n) is 6.90. The number of carbonyl (C=O) groups excluding carboxylic acids is 4. The van der Waals surface area contributed by atoms with E-state index < -0.39 is 0 Å². The van der Waals surface area contributed by atoms with Gasteiger partial charge in [-0.3, -0.25) is 19.2 Å². The van der Waals surface area contributed by atoms with E-state index in [2.05, 4.69) is 10.6 Å². The third kappa shape index (κ3) is 63.9. The van der Waals surface area contributed by atoms with E-state index in [-0.39, 0.29) is 75.7 Å². The van der Waals surface area contributed by atoms with E-state index in [0.29, 0.717) is 5.70 Å². The zero-order chi connectivity index (χ0) is 27.4. The molecule has 0 saturated heterocycles. The fourth-order valence-electron chi connectivity index (χ4n) is 1.22. The SMILES string of the molecule is C.C.C/C=C(\NC)C(C)=O.CC.CC.CC(=O)C(C)C.CC(=O)C(C)C.CCC(NC)C(C)=O.P.P. The molecule has 3 unspecified atom stereocenters. The summed E-state index contributed by atoms with van der Waals surface area (Å²) in [6.07, 6.45) is 2.63. The summed E-state index contributed by atoms with van der Waals surface area (Å²) in [6.45, 7) is 25.7. The number of Topliss-reactive ketones (excluding diaryl/α,β-unsaturated/α-hetero) is 4. The average Bonchev–Trinajstić information content (AvgIpc) is 2.73. The molecule has 8 heteroatoms. The van der Waals surface area contributed by atoms with Gasteiger partial charge in [0.25, 0.3) is 0 Å². The van der Waals surface area contributed by atoms with Crippen LogP contribution >= 0.6 is 19.8 Å². The molecule has 0 aromatic carbocycles. The number of hydrogen-bond donors (Lipinski definition) is 2. The molecule has 0 aliphatic carbocycles. The first kappa shape index (κ1) is 64.8. The van der Waals surface area contributed by atoms with Crippen molar-refractivity contribution in [3.05, 3.63) is 11.8 Å². The Balaban J connectivity index is -0.0000000290. The molecule has 0 bridgehead atoms. The van der Waals surface area contributed by atoms with Crippen molar-refractivity contribution < 1.29 is 19.2 Å². The van der Waals surface area contributed by atoms with E-state index in [1.54, 1.807) is 40.9 Å². The highest BCUT2D eigenvalue weighted by Gasteiger charge is 2.05. The van der Waals surface area contributed by atoms with Crippen molar-refractivity contribution in [2.75, 3.05) is 14.1 Å². The van der Waals surface area contributed by atoms with Crippen molar-refractivity contribution in [1.29, 1.82) is 0 Å². The van der Waals surface area contributed by atoms with Gasteiger partial charge in [-0.15, -0.1) is 0 Å². The molecule has 0 spiro atoms. The smallest absolute Gasteiger partial charge is 0.175 e. The standard InChI is InChI=1S/C6H13NO.C6H11NO.2C5H10O.2C2H6.2CH4.2H3P/c2*1-4-6(7-3)5(2)8;2*1-4(2)5(3)6;2*1-2;;;;/h6-7H,4H2,1-3H3;4,7H,1-3H3;2*4H,1-3H3;2*1-2H3;2*1H4;2*1H3/b;6-4-;;;;;;;;. The molecule has 0 rings (SSSR count). The number of nitrogens with one attached hydrogen (secondary N) is 2. The molecule has 0 radical (unpaired) electrons. The van der Waals surface area contributed by atoms with Gasteiger partial charge in [0.2, 0.25) is 0 Å². The molecule has 0 aliphatic heterocycles. The summed E-state index contributed by atoms with van der Waals surface area (Å²) in [5, 5.41) is 5.66. The Labute approximate surface area is 234 Å². The van der Waals surface area contributed by atoms with Crippen LogP contribution in [0.2, 0.25) is 0 Å². The topological polar surface area (TPSA) is 92.3 Å². The maximum absolute atomic E-state index is 10.5. The molecule has 2 N–H and O–H groups in total. The number of hydrogen-bond acceptors (Lipinski definition) is 6. The molecule has 0 aromatic heterocycles. The normalized spacial score (nSPS) is 8.89. The first-order chi connectivity index (χ1) is 14.7. The van der Waals surface area contributed by atoms with Gasteiger partial charge in [-0.25, -0.2) is 0 Å². The Morgan fingerprint density at radius 2 is 0.944 bits per heavy atom. The predicted molar refractivity (Wildman–Crippen MR) is 177 cm³/mol. The largest absolute Gasteiger partial charge is 0.386 e. The summed E-state index contributed by atoms with van der Waals surface area (Å²) in [5.74, 6) is 1.24. The second-order valence-corrected chi connectivity index (χ2v) is 6.90. The van der Waals surface area contributed by atoms with Crippen molar-refractivity contribution >= 4 is 42.9 Å². The maximum atomic E-state index is 10.5. The van der Waals surface area contributed by atoms with E-state index in [9.17, 15) is 19.2 Å². The van der Waals surface area contributed by atoms with E-state index in [4.69, 9.17) is 0 Å². The van der Waals surface area contributed by atoms with Crippen molar-refractivity contribution in [3.8, 4) is 0 Å². The van der Waals surface area contributed by atoms with E-state index in [1.807, 2.05) is 69.2 Å². The monoisotopic (exact) mass is 560 g/mol. The number of allylic oxidation sites excluding steroid dienone is 2. The minimum absolute atomic E-state index is 0. The van der Waals surface area contributed by atoms with Crippen LogP contribution in [0.1, 0.15) is 118 Å². The lowest BCUT2D eigenvalue weighted by atomic mass is 10.1. The molecule has 226 valence electrons. The lowest BCUT2D eigenvalue weighted by Gasteiger charge is -2.07. The third-order valence-electron chi connectivity index (χ3n) is 3.81. The molecule has 0 aromatic rings. The number of rotatable bonds is 7. The minimum atomic E-state index is 0. The van der Waals surface area contributed by atoms with Crippen LogP contribution in [0.5, 0.6) is 0 Å². The number of carbonyl (C=O) groups is 4. The van der Waals surface area contributed by atoms with Crippen molar-refractivity contribution in [2.24, 2.45) is 11.8 Å². The third-order valence-corrected chi connectivity index (χ3v) is 3.81. The van der Waals surface area contributed by atoms with Crippen molar-refractivity contribution in [3.63, 3.8) is 0 Å². The molecule has 0 heterocycles. The maximum Gasteiger partial charge on any atom is 0.175 e. The summed E-state index contributed by atoms with van der Waals surface area (Å²) in [7, 11) is 3.53. The molecular formula is C28H70N2O4P2. The van der Waals surface area contributed by atoms with Crippen molar-refractivity contribution in [2.45, 2.75) is 124 Å². The number of ketones is 4. The van der Waals surface area contributed by atoms with Crippen LogP contribution in [0.3, 0.4) is 0 Å². The van der Waals surface area contributed by atoms with Gasteiger partial charge >= 0.3 is 0 Å². The highest BCUT2D eigenvalue weighted by Crippen LogP contribution is 1.90. The molecule has 6 nitrogen and oxygen atoms in total. The highest BCUT2D eigenvalue weighted by atomic mass is 31.0. The molecular weight excluding hydrogens is 490 g/mol. The lowest BCUT2D eigenvalue weighted by Crippen LogP contribution is -2.31. The van der Waals surface area contributed by atoms with Gasteiger partial charge in [-0.1, -0.05) is 83.2 Å². The summed E-state index contributed by atoms with van der Waals surface area (Å²) in [4.78, 5) is 41.3. The van der Waals surface area contributed by atoms with Crippen LogP contribution in [0.4, 0.5) is 0 Å². The zero-order valence-corrected chi connectivity index (χ0v) is 28.4. The van der Waals surface area contributed by atoms with E-state index >= 15 is 0 Å². The second kappa shape index (κ2) is 50.8. The minimum Gasteiger partial charge on any atom is -0.386 e. The molecule has 0 amide bonds. The first-order valence-corrected chi connectivity index (χ1v) is 11.8. The Morgan fingerprint density at radius 1 is 0.694 bits per heavy atom. The van der Waals surface area contributed by atoms with Gasteiger partial charge < -0.3 is 10.6 Å². The summed E-state index contributed by atoms with van der Waals surface area (Å²) >= 11 is 0. The van der Waals surface area contributed by atoms with E-state index in [1.165, 1.54) is 6.92 Å². The van der Waals surface area contributed by atoms with Crippen LogP contribution in [-0.4, -0.2) is 43.3 Å². The molecule has 36 heavy (non-hydrogen) atoms. The fraction of sp³-hybridized carbons (Fsp3) is 0.786. The first-order valence-electron chi connectivity index (χ1n) is 11.8. The van der Waals surface area contributed by atoms with E-state index in [0.717, 1.165) is 6.42 Å². The summed E-state index contributed by atoms with van der Waals surface area (Å²) in [5.41, 5.74) is 0.671.